The van der Waals surface area contributed by atoms with Gasteiger partial charge in [-0.3, -0.25) is 18.7 Å². The Hall–Kier alpha value is -4.15. The first kappa shape index (κ1) is 24.5. The molecule has 0 amide bonds. The van der Waals surface area contributed by atoms with Crippen LogP contribution in [0.5, 0.6) is 5.75 Å². The van der Waals surface area contributed by atoms with E-state index in [1.807, 2.05) is 0 Å². The number of benzene rings is 2. The van der Waals surface area contributed by atoms with E-state index in [1.165, 1.54) is 24.3 Å². The number of alkyl halides is 3. The average molecular weight is 514 g/mol. The fourth-order valence-electron chi connectivity index (χ4n) is 4.99. The van der Waals surface area contributed by atoms with Crippen molar-refractivity contribution >= 4 is 11.9 Å². The van der Waals surface area contributed by atoms with Crippen molar-refractivity contribution < 1.29 is 32.2 Å². The van der Waals surface area contributed by atoms with Crippen LogP contribution in [0.3, 0.4) is 0 Å². The van der Waals surface area contributed by atoms with Gasteiger partial charge in [0, 0.05) is 17.8 Å². The van der Waals surface area contributed by atoms with Crippen LogP contribution in [0.1, 0.15) is 64.8 Å². The third-order valence-electron chi connectivity index (χ3n) is 6.78. The average Bonchev–Trinajstić information content (AvgIpc) is 3.39. The summed E-state index contributed by atoms with van der Waals surface area (Å²) in [5.41, 5.74) is -2.07. The second-order valence-corrected chi connectivity index (χ2v) is 8.88. The van der Waals surface area contributed by atoms with Gasteiger partial charge >= 0.3 is 23.8 Å². The lowest BCUT2D eigenvalue weighted by Crippen LogP contribution is -2.44. The molecule has 2 aromatic carbocycles. The van der Waals surface area contributed by atoms with Crippen molar-refractivity contribution in [3.05, 3.63) is 91.3 Å². The maximum atomic E-state index is 13.7. The summed E-state index contributed by atoms with van der Waals surface area (Å²) >= 11 is 0. The largest absolute Gasteiger partial charge is 0.462 e. The van der Waals surface area contributed by atoms with Gasteiger partial charge in [0.1, 0.15) is 11.3 Å². The second kappa shape index (κ2) is 8.75. The molecule has 2 atom stereocenters. The van der Waals surface area contributed by atoms with Crippen LogP contribution in [0.4, 0.5) is 13.2 Å². The smallest absolute Gasteiger partial charge is 0.416 e. The summed E-state index contributed by atoms with van der Waals surface area (Å²) in [5.74, 6) is -1.70. The van der Waals surface area contributed by atoms with Gasteiger partial charge < -0.3 is 9.47 Å². The standard InChI is InChI=1S/C26H21F3N2O6/c1-3-36-24(34)18-12-30(14-7-8-15-13(2)23(33)37-21(15)11-14)25(35)31(22(18)32)20-10-9-16-17(20)5-4-6-19(16)26(27,28)29/h4-8,11-13,20H,3,9-10H2,1-2H3/t13?,20-/m1/s1. The molecule has 1 aromatic heterocycles. The van der Waals surface area contributed by atoms with E-state index in [0.29, 0.717) is 5.56 Å². The van der Waals surface area contributed by atoms with E-state index < -0.39 is 52.5 Å². The highest BCUT2D eigenvalue weighted by atomic mass is 19.4. The number of aromatic nitrogens is 2. The molecule has 192 valence electrons. The molecule has 5 rings (SSSR count). The van der Waals surface area contributed by atoms with Crippen LogP contribution >= 0.6 is 0 Å². The normalized spacial score (nSPS) is 18.4. The maximum absolute atomic E-state index is 13.7. The molecule has 37 heavy (non-hydrogen) atoms. The second-order valence-electron chi connectivity index (χ2n) is 8.88. The van der Waals surface area contributed by atoms with E-state index in [1.54, 1.807) is 19.9 Å². The predicted molar refractivity (Wildman–Crippen MR) is 124 cm³/mol. The van der Waals surface area contributed by atoms with E-state index in [9.17, 15) is 32.3 Å². The molecule has 1 aliphatic heterocycles. The molecule has 1 unspecified atom stereocenters. The maximum Gasteiger partial charge on any atom is 0.416 e. The van der Waals surface area contributed by atoms with Crippen LogP contribution in [0.25, 0.3) is 5.69 Å². The molecule has 0 radical (unpaired) electrons. The quantitative estimate of drug-likeness (QED) is 0.389. The Morgan fingerprint density at radius 1 is 1.14 bits per heavy atom. The first-order chi connectivity index (χ1) is 17.5. The Kier molecular flexibility index (Phi) is 5.81. The van der Waals surface area contributed by atoms with Crippen molar-refractivity contribution in [1.82, 2.24) is 9.13 Å². The molecule has 1 aliphatic carbocycles. The lowest BCUT2D eigenvalue weighted by molar-refractivity contribution is -0.138. The van der Waals surface area contributed by atoms with E-state index in [4.69, 9.17) is 9.47 Å². The van der Waals surface area contributed by atoms with Gasteiger partial charge in [-0.2, -0.15) is 13.2 Å². The minimum Gasteiger partial charge on any atom is -0.462 e. The van der Waals surface area contributed by atoms with Gasteiger partial charge in [0.2, 0.25) is 0 Å². The number of esters is 2. The summed E-state index contributed by atoms with van der Waals surface area (Å²) in [6.45, 7) is 3.19. The van der Waals surface area contributed by atoms with Gasteiger partial charge in [0.05, 0.1) is 29.8 Å². The van der Waals surface area contributed by atoms with Gasteiger partial charge in [-0.25, -0.2) is 9.59 Å². The van der Waals surface area contributed by atoms with Gasteiger partial charge in [-0.15, -0.1) is 0 Å². The number of fused-ring (bicyclic) bond motifs is 2. The molecule has 0 spiro atoms. The third-order valence-corrected chi connectivity index (χ3v) is 6.78. The molecule has 0 saturated carbocycles. The van der Waals surface area contributed by atoms with Crippen molar-refractivity contribution in [2.24, 2.45) is 0 Å². The van der Waals surface area contributed by atoms with Gasteiger partial charge in [-0.05, 0) is 49.9 Å². The number of carbonyl (C=O) groups excluding carboxylic acids is 2. The van der Waals surface area contributed by atoms with Crippen LogP contribution in [0, 0.1) is 0 Å². The first-order valence-electron chi connectivity index (χ1n) is 11.6. The highest BCUT2D eigenvalue weighted by Gasteiger charge is 2.39. The van der Waals surface area contributed by atoms with Crippen LogP contribution in [0.2, 0.25) is 0 Å². The molecule has 11 heteroatoms. The zero-order valence-electron chi connectivity index (χ0n) is 19.8. The molecule has 8 nitrogen and oxygen atoms in total. The number of carbonyl (C=O) groups is 2. The van der Waals surface area contributed by atoms with Crippen molar-refractivity contribution in [2.45, 2.75) is 44.8 Å². The van der Waals surface area contributed by atoms with Crippen LogP contribution in [-0.4, -0.2) is 27.7 Å². The molecular formula is C26H21F3N2O6. The molecule has 0 N–H and O–H groups in total. The first-order valence-corrected chi connectivity index (χ1v) is 11.6. The molecule has 0 fully saturated rings. The van der Waals surface area contributed by atoms with Crippen molar-refractivity contribution in [3.8, 4) is 11.4 Å². The van der Waals surface area contributed by atoms with Crippen LogP contribution in [0.15, 0.2) is 52.2 Å². The van der Waals surface area contributed by atoms with Crippen molar-refractivity contribution in [3.63, 3.8) is 0 Å². The summed E-state index contributed by atoms with van der Waals surface area (Å²) in [5, 5.41) is 0. The van der Waals surface area contributed by atoms with Gasteiger partial charge in [0.25, 0.3) is 5.56 Å². The molecule has 2 heterocycles. The highest BCUT2D eigenvalue weighted by molar-refractivity contribution is 5.89. The fraction of sp³-hybridized carbons (Fsp3) is 0.308. The number of nitrogens with zero attached hydrogens (tertiary/aromatic N) is 2. The van der Waals surface area contributed by atoms with Crippen molar-refractivity contribution in [2.75, 3.05) is 6.61 Å². The zero-order chi connectivity index (χ0) is 26.6. The summed E-state index contributed by atoms with van der Waals surface area (Å²) in [6, 6.07) is 7.20. The number of hydrogen-bond acceptors (Lipinski definition) is 6. The molecule has 0 saturated heterocycles. The summed E-state index contributed by atoms with van der Waals surface area (Å²) in [4.78, 5) is 51.7. The Morgan fingerprint density at radius 2 is 1.89 bits per heavy atom. The highest BCUT2D eigenvalue weighted by Crippen LogP contribution is 2.41. The van der Waals surface area contributed by atoms with Gasteiger partial charge in [0.15, 0.2) is 0 Å². The number of ether oxygens (including phenoxy) is 2. The summed E-state index contributed by atoms with van der Waals surface area (Å²) in [6.07, 6.45) is -3.50. The number of hydrogen-bond donors (Lipinski definition) is 0. The Labute approximate surface area is 207 Å². The predicted octanol–water partition coefficient (Wildman–Crippen LogP) is 3.75. The van der Waals surface area contributed by atoms with Crippen molar-refractivity contribution in [1.29, 1.82) is 0 Å². The summed E-state index contributed by atoms with van der Waals surface area (Å²) in [7, 11) is 0. The van der Waals surface area contributed by atoms with E-state index >= 15 is 0 Å². The number of halogens is 3. The molecular weight excluding hydrogens is 493 g/mol. The molecule has 2 aliphatic rings. The van der Waals surface area contributed by atoms with Gasteiger partial charge in [-0.1, -0.05) is 18.2 Å². The fourth-order valence-corrected chi connectivity index (χ4v) is 4.99. The lowest BCUT2D eigenvalue weighted by Gasteiger charge is -2.19. The monoisotopic (exact) mass is 514 g/mol. The minimum atomic E-state index is -4.60. The van der Waals surface area contributed by atoms with Crippen LogP contribution in [-0.2, 0) is 22.1 Å². The van der Waals surface area contributed by atoms with E-state index in [-0.39, 0.29) is 42.0 Å². The number of rotatable bonds is 4. The summed E-state index contributed by atoms with van der Waals surface area (Å²) < 4.78 is 52.9. The topological polar surface area (TPSA) is 96.6 Å². The molecule has 0 bridgehead atoms. The van der Waals surface area contributed by atoms with E-state index in [0.717, 1.165) is 21.4 Å². The minimum absolute atomic E-state index is 0.00210. The Morgan fingerprint density at radius 3 is 2.59 bits per heavy atom. The SMILES string of the molecule is CCOC(=O)c1cn(-c2ccc3c(c2)OC(=O)C3C)c(=O)n([C@@H]2CCc3c2cccc3C(F)(F)F)c1=O. The van der Waals surface area contributed by atoms with E-state index in [2.05, 4.69) is 0 Å². The zero-order valence-corrected chi connectivity index (χ0v) is 19.8. The third kappa shape index (κ3) is 3.94. The van der Waals surface area contributed by atoms with Crippen LogP contribution < -0.4 is 16.0 Å². The Balaban J connectivity index is 1.73. The molecule has 3 aromatic rings. The lowest BCUT2D eigenvalue weighted by atomic mass is 10.0. The Bertz CT molecular complexity index is 1570.